The van der Waals surface area contributed by atoms with Crippen LogP contribution in [-0.2, 0) is 11.2 Å². The van der Waals surface area contributed by atoms with Crippen LogP contribution in [0.3, 0.4) is 0 Å². The number of benzene rings is 2. The van der Waals surface area contributed by atoms with E-state index < -0.39 is 5.97 Å². The number of amides is 1. The number of nitrogens with one attached hydrogen (secondary N) is 1. The van der Waals surface area contributed by atoms with E-state index in [1.807, 2.05) is 32.9 Å². The number of allylic oxidation sites excluding steroid dienone is 3. The molecular weight excluding hydrogens is 525 g/mol. The van der Waals surface area contributed by atoms with Gasteiger partial charge in [0.05, 0.1) is 10.6 Å². The van der Waals surface area contributed by atoms with Crippen LogP contribution in [0.25, 0.3) is 10.4 Å². The van der Waals surface area contributed by atoms with E-state index in [9.17, 15) is 14.7 Å². The molecule has 0 saturated carbocycles. The van der Waals surface area contributed by atoms with E-state index >= 15 is 0 Å². The van der Waals surface area contributed by atoms with E-state index in [0.29, 0.717) is 31.9 Å². The molecule has 0 aliphatic carbocycles. The molecule has 3 rings (SSSR count). The minimum atomic E-state index is -1.12. The number of anilines is 1. The van der Waals surface area contributed by atoms with Crippen LogP contribution in [-0.4, -0.2) is 17.0 Å². The zero-order chi connectivity index (χ0) is 26.4. The zero-order valence-corrected chi connectivity index (χ0v) is 22.9. The van der Waals surface area contributed by atoms with Crippen molar-refractivity contribution in [1.29, 1.82) is 0 Å². The molecule has 0 bridgehead atoms. The second-order valence-electron chi connectivity index (χ2n) is 6.68. The second-order valence-corrected chi connectivity index (χ2v) is 8.81. The SMILES string of the molecule is C=C/C=C\C.CC.O=C(CCc1c(Cl)cccc1Cl)Nc1csc(-c2ccc(Cl)cc2)c1C(=O)O. The van der Waals surface area contributed by atoms with E-state index in [2.05, 4.69) is 11.9 Å². The number of hydrogen-bond donors (Lipinski definition) is 2. The van der Waals surface area contributed by atoms with Gasteiger partial charge in [0, 0.05) is 26.9 Å². The lowest BCUT2D eigenvalue weighted by Crippen LogP contribution is -2.14. The van der Waals surface area contributed by atoms with Crippen LogP contribution in [0.4, 0.5) is 5.69 Å². The molecule has 0 unspecified atom stereocenters. The van der Waals surface area contributed by atoms with Crippen LogP contribution in [0.1, 0.15) is 43.1 Å². The van der Waals surface area contributed by atoms with Crippen molar-refractivity contribution in [1.82, 2.24) is 0 Å². The van der Waals surface area contributed by atoms with Gasteiger partial charge in [-0.3, -0.25) is 4.79 Å². The van der Waals surface area contributed by atoms with Gasteiger partial charge in [-0.15, -0.1) is 11.3 Å². The Bertz CT molecular complexity index is 1130. The summed E-state index contributed by atoms with van der Waals surface area (Å²) in [6.07, 6.45) is 6.04. The summed E-state index contributed by atoms with van der Waals surface area (Å²) in [4.78, 5) is 24.7. The van der Waals surface area contributed by atoms with Crippen molar-refractivity contribution in [2.45, 2.75) is 33.6 Å². The molecule has 4 nitrogen and oxygen atoms in total. The first-order valence-corrected chi connectivity index (χ1v) is 12.9. The fourth-order valence-electron chi connectivity index (χ4n) is 2.83. The lowest BCUT2D eigenvalue weighted by molar-refractivity contribution is -0.116. The number of thiophene rings is 1. The van der Waals surface area contributed by atoms with Crippen molar-refractivity contribution >= 4 is 63.7 Å². The summed E-state index contributed by atoms with van der Waals surface area (Å²) >= 11 is 19.4. The van der Waals surface area contributed by atoms with Gasteiger partial charge in [0.1, 0.15) is 5.56 Å². The van der Waals surface area contributed by atoms with Crippen molar-refractivity contribution in [3.05, 3.63) is 98.8 Å². The summed E-state index contributed by atoms with van der Waals surface area (Å²) in [6.45, 7) is 9.42. The normalized spacial score (nSPS) is 10.0. The molecule has 0 spiro atoms. The number of rotatable bonds is 7. The van der Waals surface area contributed by atoms with E-state index in [1.54, 1.807) is 53.9 Å². The van der Waals surface area contributed by atoms with Gasteiger partial charge >= 0.3 is 5.97 Å². The highest BCUT2D eigenvalue weighted by atomic mass is 35.5. The molecule has 0 fully saturated rings. The van der Waals surface area contributed by atoms with Crippen molar-refractivity contribution < 1.29 is 14.7 Å². The van der Waals surface area contributed by atoms with Gasteiger partial charge < -0.3 is 10.4 Å². The minimum absolute atomic E-state index is 0.0523. The summed E-state index contributed by atoms with van der Waals surface area (Å²) < 4.78 is 0. The van der Waals surface area contributed by atoms with Gasteiger partial charge in [-0.1, -0.05) is 91.7 Å². The van der Waals surface area contributed by atoms with Crippen molar-refractivity contribution in [3.8, 4) is 10.4 Å². The molecule has 0 aliphatic heterocycles. The van der Waals surface area contributed by atoms with E-state index in [4.69, 9.17) is 34.8 Å². The molecule has 0 radical (unpaired) electrons. The van der Waals surface area contributed by atoms with Gasteiger partial charge in [0.15, 0.2) is 0 Å². The number of carboxylic acid groups (broad SMARTS) is 1. The maximum Gasteiger partial charge on any atom is 0.339 e. The molecule has 3 aromatic rings. The lowest BCUT2D eigenvalue weighted by atomic mass is 10.1. The number of hydrogen-bond acceptors (Lipinski definition) is 3. The number of aromatic carboxylic acids is 1. The molecule has 1 amide bonds. The maximum atomic E-state index is 12.4. The van der Waals surface area contributed by atoms with Crippen LogP contribution in [0.5, 0.6) is 0 Å². The monoisotopic (exact) mass is 551 g/mol. The van der Waals surface area contributed by atoms with Gasteiger partial charge in [0.2, 0.25) is 5.91 Å². The number of carbonyl (C=O) groups excluding carboxylic acids is 1. The lowest BCUT2D eigenvalue weighted by Gasteiger charge is -2.08. The Balaban J connectivity index is 0.000000779. The first kappa shape index (κ1) is 30.5. The highest BCUT2D eigenvalue weighted by Gasteiger charge is 2.21. The molecule has 2 aromatic carbocycles. The topological polar surface area (TPSA) is 66.4 Å². The largest absolute Gasteiger partial charge is 0.478 e. The molecule has 1 aromatic heterocycles. The van der Waals surface area contributed by atoms with Gasteiger partial charge in [0.25, 0.3) is 0 Å². The molecule has 0 aliphatic rings. The third kappa shape index (κ3) is 9.54. The summed E-state index contributed by atoms with van der Waals surface area (Å²) in [6, 6.07) is 12.0. The molecule has 2 N–H and O–H groups in total. The van der Waals surface area contributed by atoms with Crippen LogP contribution < -0.4 is 5.32 Å². The molecule has 35 heavy (non-hydrogen) atoms. The maximum absolute atomic E-state index is 12.4. The van der Waals surface area contributed by atoms with E-state index in [1.165, 1.54) is 11.3 Å². The molecular formula is C27H28Cl3NO3S. The van der Waals surface area contributed by atoms with E-state index in [-0.39, 0.29) is 23.6 Å². The third-order valence-corrected chi connectivity index (χ3v) is 6.37. The first-order valence-electron chi connectivity index (χ1n) is 10.9. The van der Waals surface area contributed by atoms with E-state index in [0.717, 1.165) is 5.56 Å². The quantitative estimate of drug-likeness (QED) is 0.287. The fraction of sp³-hybridized carbons (Fsp3) is 0.185. The van der Waals surface area contributed by atoms with Gasteiger partial charge in [-0.2, -0.15) is 0 Å². The van der Waals surface area contributed by atoms with Crippen molar-refractivity contribution in [2.24, 2.45) is 0 Å². The smallest absolute Gasteiger partial charge is 0.339 e. The van der Waals surface area contributed by atoms with Crippen LogP contribution in [0, 0.1) is 0 Å². The highest BCUT2D eigenvalue weighted by molar-refractivity contribution is 7.14. The summed E-state index contributed by atoms with van der Waals surface area (Å²) in [5.41, 5.74) is 1.72. The Morgan fingerprint density at radius 1 is 1.06 bits per heavy atom. The van der Waals surface area contributed by atoms with Crippen LogP contribution in [0.15, 0.2) is 72.7 Å². The molecule has 8 heteroatoms. The Kier molecular flexibility index (Phi) is 14.1. The summed E-state index contributed by atoms with van der Waals surface area (Å²) in [5, 5.41) is 15.5. The predicted octanol–water partition coefficient (Wildman–Crippen LogP) is 9.42. The number of carbonyl (C=O) groups is 2. The molecule has 1 heterocycles. The zero-order valence-electron chi connectivity index (χ0n) is 19.8. The Morgan fingerprint density at radius 2 is 1.66 bits per heavy atom. The average Bonchev–Trinajstić information content (AvgIpc) is 3.25. The first-order chi connectivity index (χ1) is 16.8. The Morgan fingerprint density at radius 3 is 2.14 bits per heavy atom. The van der Waals surface area contributed by atoms with Crippen LogP contribution in [0.2, 0.25) is 15.1 Å². The highest BCUT2D eigenvalue weighted by Crippen LogP contribution is 2.36. The van der Waals surface area contributed by atoms with Crippen LogP contribution >= 0.6 is 46.1 Å². The second kappa shape index (κ2) is 16.2. The minimum Gasteiger partial charge on any atom is -0.478 e. The standard InChI is InChI=1S/C20H14Cl3NO3S.C5H8.C2H6/c21-12-6-4-11(5-7-12)19-18(20(26)27)16(10-28-19)24-17(25)9-8-13-14(22)2-1-3-15(13)23;1-3-5-4-2;1-2/h1-7,10H,8-9H2,(H,24,25)(H,26,27);3-5H,1H2,2H3;1-2H3/b;5-4-;. The molecule has 0 atom stereocenters. The van der Waals surface area contributed by atoms with Gasteiger partial charge in [-0.25, -0.2) is 4.79 Å². The summed E-state index contributed by atoms with van der Waals surface area (Å²) in [7, 11) is 0. The third-order valence-electron chi connectivity index (χ3n) is 4.38. The Labute approximate surface area is 225 Å². The van der Waals surface area contributed by atoms with Crippen molar-refractivity contribution in [2.75, 3.05) is 5.32 Å². The molecule has 186 valence electrons. The number of halogens is 3. The average molecular weight is 553 g/mol. The Hall–Kier alpha value is -2.57. The molecule has 0 saturated heterocycles. The number of carboxylic acids is 1. The predicted molar refractivity (Wildman–Crippen MR) is 151 cm³/mol. The fourth-order valence-corrected chi connectivity index (χ4v) is 4.55. The summed E-state index contributed by atoms with van der Waals surface area (Å²) in [5.74, 6) is -1.44. The van der Waals surface area contributed by atoms with Crippen molar-refractivity contribution in [3.63, 3.8) is 0 Å². The van der Waals surface area contributed by atoms with Gasteiger partial charge in [-0.05, 0) is 48.7 Å².